The highest BCUT2D eigenvalue weighted by Gasteiger charge is 2.22. The van der Waals surface area contributed by atoms with Gasteiger partial charge in [-0.25, -0.2) is 17.5 Å². The second-order valence-corrected chi connectivity index (χ2v) is 6.51. The smallest absolute Gasteiger partial charge is 0.243 e. The molecule has 0 unspecified atom stereocenters. The monoisotopic (exact) mass is 355 g/mol. The van der Waals surface area contributed by atoms with Crippen LogP contribution in [0.1, 0.15) is 5.56 Å². The quantitative estimate of drug-likeness (QED) is 0.825. The predicted octanol–water partition coefficient (Wildman–Crippen LogP) is 2.33. The van der Waals surface area contributed by atoms with Gasteiger partial charge in [-0.3, -0.25) is 0 Å². The topological polar surface area (TPSA) is 73.9 Å². The van der Waals surface area contributed by atoms with Gasteiger partial charge in [0.05, 0.1) is 21.3 Å². The van der Waals surface area contributed by atoms with E-state index in [-0.39, 0.29) is 18.0 Å². The fraction of sp³-hybridized carbons (Fsp3) is 0.250. The average Bonchev–Trinajstić information content (AvgIpc) is 2.59. The summed E-state index contributed by atoms with van der Waals surface area (Å²) in [7, 11) is 0.0800. The Balaban J connectivity index is 2.31. The third-order valence-corrected chi connectivity index (χ3v) is 4.79. The van der Waals surface area contributed by atoms with Crippen LogP contribution in [-0.2, 0) is 16.6 Å². The number of sulfonamides is 1. The molecule has 8 heteroatoms. The van der Waals surface area contributed by atoms with Crippen LogP contribution in [-0.4, -0.2) is 29.7 Å². The first kappa shape index (κ1) is 18.0. The van der Waals surface area contributed by atoms with Crippen molar-refractivity contribution >= 4 is 10.0 Å². The first-order valence-electron chi connectivity index (χ1n) is 6.96. The summed E-state index contributed by atoms with van der Waals surface area (Å²) in [6.45, 7) is -0.0415. The third-order valence-electron chi connectivity index (χ3n) is 3.37. The molecule has 0 saturated carbocycles. The lowest BCUT2D eigenvalue weighted by atomic mass is 10.2. The zero-order valence-electron chi connectivity index (χ0n) is 13.5. The highest BCUT2D eigenvalue weighted by molar-refractivity contribution is 7.89. The van der Waals surface area contributed by atoms with Crippen LogP contribution in [0.2, 0.25) is 0 Å². The van der Waals surface area contributed by atoms with Crippen molar-refractivity contribution in [3.05, 3.63) is 47.8 Å². The molecule has 0 saturated heterocycles. The molecule has 0 aliphatic rings. The maximum atomic E-state index is 14.1. The van der Waals surface area contributed by atoms with E-state index < -0.39 is 20.7 Å². The first-order chi connectivity index (χ1) is 11.4. The maximum absolute atomic E-state index is 14.1. The Morgan fingerprint density at radius 2 is 1.54 bits per heavy atom. The first-order valence-corrected chi connectivity index (χ1v) is 8.44. The summed E-state index contributed by atoms with van der Waals surface area (Å²) in [4.78, 5) is -0.518. The number of benzene rings is 2. The predicted molar refractivity (Wildman–Crippen MR) is 86.5 cm³/mol. The molecule has 0 aliphatic heterocycles. The van der Waals surface area contributed by atoms with E-state index in [2.05, 4.69) is 4.72 Å². The second kappa shape index (κ2) is 7.50. The summed E-state index contributed by atoms with van der Waals surface area (Å²) in [6.07, 6.45) is 0. The van der Waals surface area contributed by atoms with Gasteiger partial charge in [-0.15, -0.1) is 0 Å². The molecule has 0 atom stereocenters. The van der Waals surface area contributed by atoms with E-state index in [1.54, 1.807) is 24.3 Å². The molecule has 0 amide bonds. The van der Waals surface area contributed by atoms with E-state index in [0.717, 1.165) is 12.1 Å². The SMILES string of the molecule is COc1ccccc1CNS(=O)(=O)c1cc(OC)c(OC)cc1F. The molecule has 6 nitrogen and oxygen atoms in total. The number of hydrogen-bond donors (Lipinski definition) is 1. The number of para-hydroxylation sites is 1. The average molecular weight is 355 g/mol. The Labute approximate surface area is 140 Å². The van der Waals surface area contributed by atoms with Crippen molar-refractivity contribution in [2.45, 2.75) is 11.4 Å². The zero-order chi connectivity index (χ0) is 17.7. The van der Waals surface area contributed by atoms with Crippen LogP contribution in [0, 0.1) is 5.82 Å². The molecular weight excluding hydrogens is 337 g/mol. The number of nitrogens with one attached hydrogen (secondary N) is 1. The van der Waals surface area contributed by atoms with Gasteiger partial charge in [0.2, 0.25) is 10.0 Å². The normalized spacial score (nSPS) is 11.2. The van der Waals surface area contributed by atoms with Gasteiger partial charge < -0.3 is 14.2 Å². The molecule has 2 aromatic carbocycles. The van der Waals surface area contributed by atoms with Crippen LogP contribution in [0.4, 0.5) is 4.39 Å². The van der Waals surface area contributed by atoms with Gasteiger partial charge in [0, 0.05) is 24.2 Å². The Morgan fingerprint density at radius 1 is 0.958 bits per heavy atom. The third kappa shape index (κ3) is 3.77. The Hall–Kier alpha value is -2.32. The maximum Gasteiger partial charge on any atom is 0.243 e. The number of ether oxygens (including phenoxy) is 3. The lowest BCUT2D eigenvalue weighted by molar-refractivity contribution is 0.350. The molecule has 130 valence electrons. The minimum atomic E-state index is -4.09. The van der Waals surface area contributed by atoms with Gasteiger partial charge in [-0.05, 0) is 6.07 Å². The van der Waals surface area contributed by atoms with Crippen molar-refractivity contribution in [2.75, 3.05) is 21.3 Å². The molecule has 1 N–H and O–H groups in total. The summed E-state index contributed by atoms with van der Waals surface area (Å²) < 4.78 is 56.4. The molecule has 0 radical (unpaired) electrons. The molecule has 0 heterocycles. The summed E-state index contributed by atoms with van der Waals surface area (Å²) in [5.74, 6) is -0.164. The molecular formula is C16H18FNO5S. The molecule has 0 aliphatic carbocycles. The van der Waals surface area contributed by atoms with Gasteiger partial charge in [-0.2, -0.15) is 0 Å². The Morgan fingerprint density at radius 3 is 2.17 bits per heavy atom. The minimum absolute atomic E-state index is 0.0415. The van der Waals surface area contributed by atoms with Crippen molar-refractivity contribution in [3.8, 4) is 17.2 Å². The zero-order valence-corrected chi connectivity index (χ0v) is 14.3. The van der Waals surface area contributed by atoms with Crippen LogP contribution in [0.5, 0.6) is 17.2 Å². The van der Waals surface area contributed by atoms with Gasteiger partial charge in [-0.1, -0.05) is 18.2 Å². The van der Waals surface area contributed by atoms with Crippen LogP contribution < -0.4 is 18.9 Å². The number of halogens is 1. The largest absolute Gasteiger partial charge is 0.496 e. The fourth-order valence-electron chi connectivity index (χ4n) is 2.14. The van der Waals surface area contributed by atoms with E-state index in [1.807, 2.05) is 0 Å². The number of hydrogen-bond acceptors (Lipinski definition) is 5. The van der Waals surface area contributed by atoms with Crippen LogP contribution in [0.25, 0.3) is 0 Å². The van der Waals surface area contributed by atoms with Crippen molar-refractivity contribution < 1.29 is 27.0 Å². The Kier molecular flexibility index (Phi) is 5.63. The molecule has 0 aromatic heterocycles. The van der Waals surface area contributed by atoms with Gasteiger partial charge in [0.15, 0.2) is 11.5 Å². The van der Waals surface area contributed by atoms with Crippen LogP contribution >= 0.6 is 0 Å². The van der Waals surface area contributed by atoms with Gasteiger partial charge >= 0.3 is 0 Å². The van der Waals surface area contributed by atoms with Crippen molar-refractivity contribution in [1.29, 1.82) is 0 Å². The second-order valence-electron chi connectivity index (χ2n) is 4.77. The highest BCUT2D eigenvalue weighted by Crippen LogP contribution is 2.32. The van der Waals surface area contributed by atoms with Crippen LogP contribution in [0.15, 0.2) is 41.3 Å². The van der Waals surface area contributed by atoms with E-state index in [0.29, 0.717) is 11.3 Å². The van der Waals surface area contributed by atoms with E-state index in [4.69, 9.17) is 14.2 Å². The fourth-order valence-corrected chi connectivity index (χ4v) is 3.22. The molecule has 0 bridgehead atoms. The van der Waals surface area contributed by atoms with Gasteiger partial charge in [0.25, 0.3) is 0 Å². The standard InChI is InChI=1S/C16H18FNO5S/c1-21-13-7-5-4-6-11(13)10-18-24(19,20)16-9-15(23-3)14(22-2)8-12(16)17/h4-9,18H,10H2,1-3H3. The van der Waals surface area contributed by atoms with E-state index in [1.165, 1.54) is 21.3 Å². The summed E-state index contributed by atoms with van der Waals surface area (Å²) in [5, 5.41) is 0. The van der Waals surface area contributed by atoms with Crippen LogP contribution in [0.3, 0.4) is 0 Å². The van der Waals surface area contributed by atoms with E-state index >= 15 is 0 Å². The van der Waals surface area contributed by atoms with Crippen molar-refractivity contribution in [2.24, 2.45) is 0 Å². The summed E-state index contributed by atoms with van der Waals surface area (Å²) in [5.41, 5.74) is 0.629. The molecule has 0 fully saturated rings. The number of rotatable bonds is 7. The van der Waals surface area contributed by atoms with E-state index in [9.17, 15) is 12.8 Å². The lowest BCUT2D eigenvalue weighted by Crippen LogP contribution is -2.24. The van der Waals surface area contributed by atoms with Crippen molar-refractivity contribution in [1.82, 2.24) is 4.72 Å². The summed E-state index contributed by atoms with van der Waals surface area (Å²) >= 11 is 0. The highest BCUT2D eigenvalue weighted by atomic mass is 32.2. The van der Waals surface area contributed by atoms with Gasteiger partial charge in [0.1, 0.15) is 16.5 Å². The summed E-state index contributed by atoms with van der Waals surface area (Å²) in [6, 6.07) is 9.00. The molecule has 24 heavy (non-hydrogen) atoms. The molecule has 0 spiro atoms. The molecule has 2 aromatic rings. The molecule has 2 rings (SSSR count). The van der Waals surface area contributed by atoms with Crippen molar-refractivity contribution in [3.63, 3.8) is 0 Å². The Bertz CT molecular complexity index is 823. The number of methoxy groups -OCH3 is 3. The minimum Gasteiger partial charge on any atom is -0.496 e. The lowest BCUT2D eigenvalue weighted by Gasteiger charge is -2.13.